The Kier molecular flexibility index (Phi) is 10.8. The number of benzene rings is 2. The highest BCUT2D eigenvalue weighted by atomic mass is 16.3. The number of phenols is 1. The number of hydrogen-bond acceptors (Lipinski definition) is 8. The first-order chi connectivity index (χ1) is 25.4. The SMILES string of the molecule is [2H]c1c([2H])c([2H])c(C([2H])([2H])[C@]([2H])(CC(=O)[C@]([2H])(CCCCN)NC(=O)[C@@H](CC(=O)[C@H](N)CCCN=C(N)N)Cc2c(C)cc(O)cc2C)C(N)=O)c([2H])c1[2H]. The van der Waals surface area contributed by atoms with E-state index in [1.54, 1.807) is 13.8 Å². The van der Waals surface area contributed by atoms with Gasteiger partial charge in [0.15, 0.2) is 11.7 Å². The van der Waals surface area contributed by atoms with Gasteiger partial charge in [0.25, 0.3) is 0 Å². The molecule has 0 fully saturated rings. The first-order valence-electron chi connectivity index (χ1n) is 19.4. The molecule has 2 rings (SSSR count). The van der Waals surface area contributed by atoms with Crippen molar-refractivity contribution in [1.29, 1.82) is 0 Å². The summed E-state index contributed by atoms with van der Waals surface area (Å²) in [5.74, 6) is -9.39. The molecule has 252 valence electrons. The van der Waals surface area contributed by atoms with Crippen LogP contribution in [0.3, 0.4) is 0 Å². The molecule has 0 saturated heterocycles. The van der Waals surface area contributed by atoms with E-state index >= 15 is 0 Å². The summed E-state index contributed by atoms with van der Waals surface area (Å²) in [5.41, 5.74) is 28.6. The molecule has 0 aliphatic heterocycles. The molecule has 0 bridgehead atoms. The molecule has 0 spiro atoms. The number of phenolic OH excluding ortho intramolecular Hbond substituents is 1. The van der Waals surface area contributed by atoms with Crippen LogP contribution in [0.2, 0.25) is 0 Å². The maximum Gasteiger partial charge on any atom is 0.224 e. The summed E-state index contributed by atoms with van der Waals surface area (Å²) in [5, 5.41) is 12.5. The largest absolute Gasteiger partial charge is 0.508 e. The molecule has 12 N–H and O–H groups in total. The Morgan fingerprint density at radius 1 is 0.978 bits per heavy atom. The summed E-state index contributed by atoms with van der Waals surface area (Å²) in [6.45, 7) is 3.68. The van der Waals surface area contributed by atoms with Gasteiger partial charge in [-0.15, -0.1) is 0 Å². The highest BCUT2D eigenvalue weighted by molar-refractivity contribution is 5.94. The number of nitrogens with one attached hydrogen (secondary N) is 1. The molecule has 0 aliphatic rings. The Hall–Kier alpha value is -4.29. The maximum atomic E-state index is 14.2. The third-order valence-corrected chi connectivity index (χ3v) is 7.23. The summed E-state index contributed by atoms with van der Waals surface area (Å²) < 4.78 is 75.9. The zero-order valence-corrected chi connectivity index (χ0v) is 26.3. The van der Waals surface area contributed by atoms with Gasteiger partial charge in [0.2, 0.25) is 11.8 Å². The first kappa shape index (κ1) is 25.9. The van der Waals surface area contributed by atoms with Crippen molar-refractivity contribution in [2.75, 3.05) is 13.1 Å². The van der Waals surface area contributed by atoms with Crippen LogP contribution in [-0.2, 0) is 32.0 Å². The zero-order valence-electron chi connectivity index (χ0n) is 35.3. The van der Waals surface area contributed by atoms with E-state index in [-0.39, 0.29) is 50.5 Å². The number of unbranched alkanes of at least 4 members (excludes halogenated alkanes) is 1. The van der Waals surface area contributed by atoms with Gasteiger partial charge in [-0.3, -0.25) is 24.2 Å². The number of nitrogens with zero attached hydrogens (tertiary/aromatic N) is 1. The highest BCUT2D eigenvalue weighted by Gasteiger charge is 2.31. The number of amides is 2. The fraction of sp³-hybridized carbons (Fsp3) is 0.500. The number of hydrogen-bond donors (Lipinski definition) is 7. The Morgan fingerprint density at radius 2 is 1.63 bits per heavy atom. The first-order valence-corrected chi connectivity index (χ1v) is 14.9. The van der Waals surface area contributed by atoms with Crippen molar-refractivity contribution in [3.63, 3.8) is 0 Å². The van der Waals surface area contributed by atoms with Gasteiger partial charge < -0.3 is 39.1 Å². The molecule has 12 nitrogen and oxygen atoms in total. The van der Waals surface area contributed by atoms with Gasteiger partial charge in [-0.05, 0) is 99.7 Å². The molecule has 46 heavy (non-hydrogen) atoms. The standard InChI is InChI=1S/C34H51N7O5/c1-21-15-26(42)16-22(2)27(21)18-25(20-30(43)28(36)11-8-14-40-34(38)39)33(46)41-29(12-6-7-13-35)31(44)19-24(32(37)45)17-23-9-4-3-5-10-23/h3-5,9-10,15-16,24-25,28-29,42H,6-8,11-14,17-20,35-36H2,1-2H3,(H2,37,45)(H,41,46)(H4,38,39,40)/t24-,25-,28-,29+/m1/s1/i3D,4D,5D,9D,10D,17D2,24D,29D. The third-order valence-electron chi connectivity index (χ3n) is 7.23. The van der Waals surface area contributed by atoms with E-state index in [0.29, 0.717) is 23.1 Å². The molecule has 0 aromatic heterocycles. The number of ketones is 2. The average molecular weight is 647 g/mol. The molecule has 2 aromatic carbocycles. The minimum absolute atomic E-state index is 0.0360. The molecule has 0 unspecified atom stereocenters. The van der Waals surface area contributed by atoms with Crippen LogP contribution >= 0.6 is 0 Å². The van der Waals surface area contributed by atoms with Crippen LogP contribution in [0, 0.1) is 25.7 Å². The Bertz CT molecular complexity index is 1760. The molecule has 2 aromatic rings. The number of primary amides is 1. The average Bonchev–Trinajstić information content (AvgIpc) is 3.08. The molecular formula is C34H51N7O5. The highest BCUT2D eigenvalue weighted by Crippen LogP contribution is 2.26. The molecule has 0 heterocycles. The van der Waals surface area contributed by atoms with E-state index in [4.69, 9.17) is 39.6 Å². The number of rotatable bonds is 21. The second-order valence-electron chi connectivity index (χ2n) is 11.0. The van der Waals surface area contributed by atoms with Crippen molar-refractivity contribution in [1.82, 2.24) is 5.32 Å². The third kappa shape index (κ3) is 13.0. The number of Topliss-reactive ketones (excluding diaryl/α,β-unsaturated/α-hetero) is 2. The van der Waals surface area contributed by atoms with Crippen molar-refractivity contribution in [3.05, 3.63) is 64.6 Å². The summed E-state index contributed by atoms with van der Waals surface area (Å²) in [4.78, 5) is 58.5. The van der Waals surface area contributed by atoms with Crippen LogP contribution < -0.4 is 34.0 Å². The summed E-state index contributed by atoms with van der Waals surface area (Å²) in [7, 11) is 0. The minimum atomic E-state index is -3.50. The Balaban J connectivity index is 2.62. The van der Waals surface area contributed by atoms with Crippen molar-refractivity contribution in [2.24, 2.45) is 45.5 Å². The van der Waals surface area contributed by atoms with Crippen LogP contribution in [-0.4, -0.2) is 59.6 Å². The normalized spacial score (nSPS) is 18.1. The van der Waals surface area contributed by atoms with E-state index < -0.39 is 109 Å². The van der Waals surface area contributed by atoms with E-state index in [1.165, 1.54) is 12.1 Å². The number of aromatic hydroxyl groups is 1. The number of guanidine groups is 1. The van der Waals surface area contributed by atoms with Gasteiger partial charge in [0.05, 0.1) is 20.3 Å². The summed E-state index contributed by atoms with van der Waals surface area (Å²) in [6, 6.07) is -5.72. The predicted octanol–water partition coefficient (Wildman–Crippen LogP) is 1.43. The fourth-order valence-corrected chi connectivity index (χ4v) is 4.76. The van der Waals surface area contributed by atoms with Gasteiger partial charge >= 0.3 is 0 Å². The summed E-state index contributed by atoms with van der Waals surface area (Å²) in [6.07, 6.45) is -5.14. The van der Waals surface area contributed by atoms with Crippen molar-refractivity contribution >= 4 is 29.3 Å². The fourth-order valence-electron chi connectivity index (χ4n) is 4.76. The monoisotopic (exact) mass is 646 g/mol. The van der Waals surface area contributed by atoms with E-state index in [0.717, 1.165) is 0 Å². The molecule has 2 amide bonds. The van der Waals surface area contributed by atoms with Crippen LogP contribution in [0.4, 0.5) is 0 Å². The van der Waals surface area contributed by atoms with Crippen LogP contribution in [0.5, 0.6) is 5.75 Å². The van der Waals surface area contributed by atoms with Crippen LogP contribution in [0.25, 0.3) is 0 Å². The quantitative estimate of drug-likeness (QED) is 0.0588. The van der Waals surface area contributed by atoms with Gasteiger partial charge in [0, 0.05) is 35.3 Å². The topological polar surface area (TPSA) is 243 Å². The molecule has 0 saturated carbocycles. The number of nitrogens with two attached hydrogens (primary N) is 5. The number of aryl methyl sites for hydroxylation is 2. The number of carbonyl (C=O) groups excluding carboxylic acids is 4. The lowest BCUT2D eigenvalue weighted by Gasteiger charge is -2.25. The van der Waals surface area contributed by atoms with Crippen molar-refractivity contribution < 1.29 is 36.6 Å². The van der Waals surface area contributed by atoms with Gasteiger partial charge in [-0.2, -0.15) is 0 Å². The van der Waals surface area contributed by atoms with Crippen molar-refractivity contribution in [3.8, 4) is 5.75 Å². The van der Waals surface area contributed by atoms with Gasteiger partial charge in [0.1, 0.15) is 11.5 Å². The zero-order chi connectivity index (χ0) is 42.2. The number of carbonyl (C=O) groups is 4. The van der Waals surface area contributed by atoms with Crippen molar-refractivity contribution in [2.45, 2.75) is 83.6 Å². The van der Waals surface area contributed by atoms with E-state index in [2.05, 4.69) is 10.3 Å². The lowest BCUT2D eigenvalue weighted by atomic mass is 9.86. The van der Waals surface area contributed by atoms with E-state index in [9.17, 15) is 25.7 Å². The van der Waals surface area contributed by atoms with E-state index in [1.807, 2.05) is 0 Å². The maximum absolute atomic E-state index is 14.2. The second kappa shape index (κ2) is 19.3. The Labute approximate surface area is 284 Å². The minimum Gasteiger partial charge on any atom is -0.508 e. The molecule has 12 heteroatoms. The second-order valence-corrected chi connectivity index (χ2v) is 11.0. The smallest absolute Gasteiger partial charge is 0.224 e. The number of aliphatic imine (C=N–C) groups is 1. The molecule has 4 atom stereocenters. The molecule has 0 aliphatic carbocycles. The van der Waals surface area contributed by atoms with Crippen LogP contribution in [0.1, 0.15) is 79.5 Å². The lowest BCUT2D eigenvalue weighted by molar-refractivity contribution is -0.133. The molecule has 0 radical (unpaired) electrons. The predicted molar refractivity (Wildman–Crippen MR) is 180 cm³/mol. The summed E-state index contributed by atoms with van der Waals surface area (Å²) >= 11 is 0. The van der Waals surface area contributed by atoms with Crippen LogP contribution in [0.15, 0.2) is 47.3 Å². The van der Waals surface area contributed by atoms with Gasteiger partial charge in [-0.1, -0.05) is 30.2 Å². The molecular weight excluding hydrogens is 586 g/mol. The van der Waals surface area contributed by atoms with Gasteiger partial charge in [-0.25, -0.2) is 0 Å². The lowest BCUT2D eigenvalue weighted by Crippen LogP contribution is -2.46. The Morgan fingerprint density at radius 3 is 2.22 bits per heavy atom.